The Morgan fingerprint density at radius 2 is 1.27 bits per heavy atom. The van der Waals surface area contributed by atoms with Gasteiger partial charge in [-0.1, -0.05) is 38.2 Å². The second-order valence-corrected chi connectivity index (χ2v) is 4.20. The molecule has 2 atom stereocenters. The lowest BCUT2D eigenvalue weighted by molar-refractivity contribution is 0.118. The summed E-state index contributed by atoms with van der Waals surface area (Å²) in [6.45, 7) is 10.4. The summed E-state index contributed by atoms with van der Waals surface area (Å²) in [6, 6.07) is 0. The monoisotopic (exact) mass is 210 g/mol. The van der Waals surface area contributed by atoms with Gasteiger partial charge in [0.1, 0.15) is 0 Å². The molecule has 0 aliphatic heterocycles. The zero-order valence-electron chi connectivity index (χ0n) is 10.7. The van der Waals surface area contributed by atoms with Gasteiger partial charge in [-0.3, -0.25) is 0 Å². The lowest BCUT2D eigenvalue weighted by Crippen LogP contribution is -2.03. The van der Waals surface area contributed by atoms with Crippen LogP contribution in [0.3, 0.4) is 0 Å². The molecule has 0 heterocycles. The van der Waals surface area contributed by atoms with Gasteiger partial charge in [0.2, 0.25) is 0 Å². The highest BCUT2D eigenvalue weighted by atomic mass is 16.5. The molecule has 0 fully saturated rings. The van der Waals surface area contributed by atoms with E-state index in [-0.39, 0.29) is 0 Å². The van der Waals surface area contributed by atoms with Crippen molar-refractivity contribution >= 4 is 0 Å². The number of rotatable bonds is 8. The van der Waals surface area contributed by atoms with Crippen molar-refractivity contribution in [1.82, 2.24) is 0 Å². The molecule has 1 nitrogen and oxygen atoms in total. The number of ether oxygens (including phenoxy) is 1. The van der Waals surface area contributed by atoms with E-state index < -0.39 is 0 Å². The maximum Gasteiger partial charge on any atom is 0.0471 e. The molecule has 0 rings (SSSR count). The van der Waals surface area contributed by atoms with Gasteiger partial charge in [-0.2, -0.15) is 0 Å². The highest BCUT2D eigenvalue weighted by Gasteiger charge is 1.98. The molecule has 0 spiro atoms. The van der Waals surface area contributed by atoms with Gasteiger partial charge in [0.25, 0.3) is 0 Å². The van der Waals surface area contributed by atoms with E-state index in [0.29, 0.717) is 11.8 Å². The Labute approximate surface area is 95.2 Å². The molecule has 0 bridgehead atoms. The van der Waals surface area contributed by atoms with E-state index >= 15 is 0 Å². The maximum atomic E-state index is 5.60. The van der Waals surface area contributed by atoms with Crippen LogP contribution in [0.4, 0.5) is 0 Å². The number of hydrogen-bond acceptors (Lipinski definition) is 1. The van der Waals surface area contributed by atoms with E-state index in [9.17, 15) is 0 Å². The van der Waals surface area contributed by atoms with Gasteiger partial charge in [-0.05, 0) is 38.5 Å². The molecule has 0 aromatic rings. The summed E-state index contributed by atoms with van der Waals surface area (Å²) in [5, 5.41) is 0. The topological polar surface area (TPSA) is 9.23 Å². The summed E-state index contributed by atoms with van der Waals surface area (Å²) in [5.41, 5.74) is 0. The molecule has 0 aliphatic carbocycles. The Hall–Kier alpha value is -0.560. The van der Waals surface area contributed by atoms with Crippen molar-refractivity contribution < 1.29 is 4.74 Å². The molecular weight excluding hydrogens is 184 g/mol. The van der Waals surface area contributed by atoms with Crippen LogP contribution < -0.4 is 0 Å². The quantitative estimate of drug-likeness (QED) is 0.431. The Morgan fingerprint density at radius 3 is 1.60 bits per heavy atom. The number of allylic oxidation sites excluding steroid dienone is 4. The van der Waals surface area contributed by atoms with Crippen LogP contribution in [0.1, 0.15) is 40.5 Å². The van der Waals surface area contributed by atoms with Crippen LogP contribution in [0.25, 0.3) is 0 Å². The summed E-state index contributed by atoms with van der Waals surface area (Å²) in [6.07, 6.45) is 10.9. The second-order valence-electron chi connectivity index (χ2n) is 4.20. The van der Waals surface area contributed by atoms with Crippen molar-refractivity contribution in [1.29, 1.82) is 0 Å². The van der Waals surface area contributed by atoms with Crippen molar-refractivity contribution in [3.63, 3.8) is 0 Å². The Kier molecular flexibility index (Phi) is 9.60. The van der Waals surface area contributed by atoms with Gasteiger partial charge in [0.05, 0.1) is 0 Å². The van der Waals surface area contributed by atoms with Crippen molar-refractivity contribution in [3.8, 4) is 0 Å². The van der Waals surface area contributed by atoms with Crippen LogP contribution in [0.2, 0.25) is 0 Å². The Bertz CT molecular complexity index is 162. The Balaban J connectivity index is 3.31. The minimum Gasteiger partial charge on any atom is -0.381 e. The molecule has 1 heteroatoms. The summed E-state index contributed by atoms with van der Waals surface area (Å²) < 4.78 is 5.60. The first-order valence-corrected chi connectivity index (χ1v) is 6.04. The van der Waals surface area contributed by atoms with Crippen LogP contribution >= 0.6 is 0 Å². The van der Waals surface area contributed by atoms with Gasteiger partial charge < -0.3 is 4.74 Å². The van der Waals surface area contributed by atoms with Crippen molar-refractivity contribution in [3.05, 3.63) is 24.3 Å². The standard InChI is InChI=1S/C14H26O/c1-5-7-13(3)9-11-15-12-10-14(4)8-6-2/h5-8,13-14H,9-12H2,1-4H3. The highest BCUT2D eigenvalue weighted by molar-refractivity contribution is 4.83. The summed E-state index contributed by atoms with van der Waals surface area (Å²) in [5.74, 6) is 1.28. The smallest absolute Gasteiger partial charge is 0.0471 e. The van der Waals surface area contributed by atoms with Crippen LogP contribution in [-0.4, -0.2) is 13.2 Å². The normalized spacial score (nSPS) is 16.3. The largest absolute Gasteiger partial charge is 0.381 e. The second kappa shape index (κ2) is 9.97. The van der Waals surface area contributed by atoms with Gasteiger partial charge in [0, 0.05) is 13.2 Å². The minimum absolute atomic E-state index is 0.642. The fourth-order valence-electron chi connectivity index (χ4n) is 1.49. The van der Waals surface area contributed by atoms with Gasteiger partial charge in [-0.25, -0.2) is 0 Å². The van der Waals surface area contributed by atoms with E-state index in [4.69, 9.17) is 4.74 Å². The average molecular weight is 210 g/mol. The van der Waals surface area contributed by atoms with E-state index in [0.717, 1.165) is 26.1 Å². The predicted octanol–water partition coefficient (Wildman–Crippen LogP) is 4.21. The zero-order valence-corrected chi connectivity index (χ0v) is 10.7. The van der Waals surface area contributed by atoms with Crippen LogP contribution in [-0.2, 0) is 4.74 Å². The first kappa shape index (κ1) is 14.4. The molecule has 0 saturated heterocycles. The van der Waals surface area contributed by atoms with E-state index in [1.165, 1.54) is 0 Å². The van der Waals surface area contributed by atoms with Crippen LogP contribution in [0.15, 0.2) is 24.3 Å². The minimum atomic E-state index is 0.642. The molecule has 15 heavy (non-hydrogen) atoms. The molecule has 0 aromatic carbocycles. The zero-order chi connectivity index (χ0) is 11.5. The molecule has 2 unspecified atom stereocenters. The fourth-order valence-corrected chi connectivity index (χ4v) is 1.49. The lowest BCUT2D eigenvalue weighted by atomic mass is 10.1. The molecule has 0 amide bonds. The molecular formula is C14H26O. The van der Waals surface area contributed by atoms with Gasteiger partial charge >= 0.3 is 0 Å². The first-order chi connectivity index (χ1) is 7.20. The first-order valence-electron chi connectivity index (χ1n) is 6.04. The lowest BCUT2D eigenvalue weighted by Gasteiger charge is -2.09. The number of hydrogen-bond donors (Lipinski definition) is 0. The van der Waals surface area contributed by atoms with Gasteiger partial charge in [0.15, 0.2) is 0 Å². The molecule has 88 valence electrons. The van der Waals surface area contributed by atoms with Crippen LogP contribution in [0, 0.1) is 11.8 Å². The molecule has 0 aromatic heterocycles. The summed E-state index contributed by atoms with van der Waals surface area (Å²) in [4.78, 5) is 0. The predicted molar refractivity (Wildman–Crippen MR) is 68.0 cm³/mol. The third-order valence-electron chi connectivity index (χ3n) is 2.48. The Morgan fingerprint density at radius 1 is 0.867 bits per heavy atom. The summed E-state index contributed by atoms with van der Waals surface area (Å²) in [7, 11) is 0. The third-order valence-corrected chi connectivity index (χ3v) is 2.48. The van der Waals surface area contributed by atoms with Crippen molar-refractivity contribution in [2.75, 3.05) is 13.2 Å². The van der Waals surface area contributed by atoms with Gasteiger partial charge in [-0.15, -0.1) is 0 Å². The third kappa shape index (κ3) is 9.74. The average Bonchev–Trinajstić information content (AvgIpc) is 2.18. The molecule has 0 aliphatic rings. The SMILES string of the molecule is CC=CC(C)CCOCCC(C)C=CC. The van der Waals surface area contributed by atoms with Crippen molar-refractivity contribution in [2.24, 2.45) is 11.8 Å². The molecule has 0 N–H and O–H groups in total. The van der Waals surface area contributed by atoms with E-state index in [1.807, 2.05) is 0 Å². The van der Waals surface area contributed by atoms with E-state index in [1.54, 1.807) is 0 Å². The highest BCUT2D eigenvalue weighted by Crippen LogP contribution is 2.06. The van der Waals surface area contributed by atoms with E-state index in [2.05, 4.69) is 52.0 Å². The summed E-state index contributed by atoms with van der Waals surface area (Å²) >= 11 is 0. The molecule has 0 radical (unpaired) electrons. The maximum absolute atomic E-state index is 5.60. The van der Waals surface area contributed by atoms with Crippen molar-refractivity contribution in [2.45, 2.75) is 40.5 Å². The molecule has 0 saturated carbocycles. The fraction of sp³-hybridized carbons (Fsp3) is 0.714. The van der Waals surface area contributed by atoms with Crippen LogP contribution in [0.5, 0.6) is 0 Å².